The van der Waals surface area contributed by atoms with Gasteiger partial charge < -0.3 is 5.11 Å². The molecule has 0 saturated heterocycles. The van der Waals surface area contributed by atoms with Gasteiger partial charge in [0.2, 0.25) is 0 Å². The maximum Gasteiger partial charge on any atom is 0.123 e. The molecule has 0 radical (unpaired) electrons. The van der Waals surface area contributed by atoms with Crippen LogP contribution in [-0.2, 0) is 0 Å². The summed E-state index contributed by atoms with van der Waals surface area (Å²) in [7, 11) is 0. The van der Waals surface area contributed by atoms with Crippen LogP contribution >= 0.6 is 0 Å². The standard InChI is InChI=1S/C12H17NO/c1-4-11(2)7-9-12(3,14)8-5-6-10-13/h4,14H,5-6,8H2,1-3H3/b11-4+. The van der Waals surface area contributed by atoms with E-state index in [9.17, 15) is 5.11 Å². The molecule has 2 nitrogen and oxygen atoms in total. The molecule has 0 saturated carbocycles. The van der Waals surface area contributed by atoms with Gasteiger partial charge in [-0.25, -0.2) is 0 Å². The van der Waals surface area contributed by atoms with E-state index in [1.54, 1.807) is 6.92 Å². The summed E-state index contributed by atoms with van der Waals surface area (Å²) in [4.78, 5) is 0. The van der Waals surface area contributed by atoms with E-state index in [-0.39, 0.29) is 0 Å². The summed E-state index contributed by atoms with van der Waals surface area (Å²) in [5, 5.41) is 18.1. The van der Waals surface area contributed by atoms with Crippen LogP contribution in [-0.4, -0.2) is 10.7 Å². The molecule has 0 bridgehead atoms. The Labute approximate surface area is 86.3 Å². The highest BCUT2D eigenvalue weighted by Crippen LogP contribution is 2.12. The number of hydrogen-bond acceptors (Lipinski definition) is 2. The van der Waals surface area contributed by atoms with Gasteiger partial charge in [-0.2, -0.15) is 5.26 Å². The molecular formula is C12H17NO. The lowest BCUT2D eigenvalue weighted by molar-refractivity contribution is 0.110. The van der Waals surface area contributed by atoms with Gasteiger partial charge in [0, 0.05) is 6.42 Å². The molecule has 1 N–H and O–H groups in total. The lowest BCUT2D eigenvalue weighted by atomic mass is 9.99. The van der Waals surface area contributed by atoms with E-state index in [2.05, 4.69) is 11.8 Å². The maximum absolute atomic E-state index is 9.78. The van der Waals surface area contributed by atoms with Crippen LogP contribution in [0.1, 0.15) is 40.0 Å². The van der Waals surface area contributed by atoms with Crippen molar-refractivity contribution in [2.24, 2.45) is 0 Å². The largest absolute Gasteiger partial charge is 0.378 e. The molecule has 0 aromatic carbocycles. The molecule has 0 aliphatic heterocycles. The van der Waals surface area contributed by atoms with Crippen LogP contribution in [0.2, 0.25) is 0 Å². The molecule has 0 rings (SSSR count). The van der Waals surface area contributed by atoms with Crippen LogP contribution in [0, 0.1) is 23.2 Å². The average Bonchev–Trinajstić information content (AvgIpc) is 2.14. The summed E-state index contributed by atoms with van der Waals surface area (Å²) in [6.45, 7) is 5.49. The van der Waals surface area contributed by atoms with Gasteiger partial charge in [-0.1, -0.05) is 17.9 Å². The molecule has 0 aromatic heterocycles. The van der Waals surface area contributed by atoms with Crippen molar-refractivity contribution in [3.8, 4) is 17.9 Å². The smallest absolute Gasteiger partial charge is 0.123 e. The van der Waals surface area contributed by atoms with Crippen molar-refractivity contribution in [3.05, 3.63) is 11.6 Å². The first-order valence-electron chi connectivity index (χ1n) is 4.77. The second-order valence-electron chi connectivity index (χ2n) is 3.51. The monoisotopic (exact) mass is 191 g/mol. The Balaban J connectivity index is 4.18. The highest BCUT2D eigenvalue weighted by molar-refractivity contribution is 5.29. The predicted octanol–water partition coefficient (Wildman–Crippen LogP) is 2.40. The molecule has 0 aliphatic rings. The molecule has 0 aliphatic carbocycles. The van der Waals surface area contributed by atoms with Gasteiger partial charge in [0.1, 0.15) is 5.60 Å². The van der Waals surface area contributed by atoms with Gasteiger partial charge in [-0.05, 0) is 39.2 Å². The van der Waals surface area contributed by atoms with Crippen molar-refractivity contribution in [2.75, 3.05) is 0 Å². The molecule has 76 valence electrons. The normalized spacial score (nSPS) is 14.9. The number of unbranched alkanes of at least 4 members (excludes halogenated alkanes) is 1. The molecule has 14 heavy (non-hydrogen) atoms. The minimum atomic E-state index is -0.971. The fourth-order valence-corrected chi connectivity index (χ4v) is 0.880. The van der Waals surface area contributed by atoms with Crippen LogP contribution in [0.25, 0.3) is 0 Å². The van der Waals surface area contributed by atoms with Gasteiger partial charge in [-0.15, -0.1) is 0 Å². The number of nitriles is 1. The summed E-state index contributed by atoms with van der Waals surface area (Å²) < 4.78 is 0. The third-order valence-electron chi connectivity index (χ3n) is 1.91. The van der Waals surface area contributed by atoms with Crippen LogP contribution < -0.4 is 0 Å². The lowest BCUT2D eigenvalue weighted by Crippen LogP contribution is -2.21. The molecule has 1 unspecified atom stereocenters. The molecule has 0 spiro atoms. The van der Waals surface area contributed by atoms with E-state index in [0.29, 0.717) is 19.3 Å². The number of allylic oxidation sites excluding steroid dienone is 2. The van der Waals surface area contributed by atoms with Crippen LogP contribution in [0.4, 0.5) is 0 Å². The van der Waals surface area contributed by atoms with Gasteiger partial charge >= 0.3 is 0 Å². The fraction of sp³-hybridized carbons (Fsp3) is 0.583. The number of hydrogen-bond donors (Lipinski definition) is 1. The van der Waals surface area contributed by atoms with Gasteiger partial charge in [-0.3, -0.25) is 0 Å². The van der Waals surface area contributed by atoms with Crippen molar-refractivity contribution in [3.63, 3.8) is 0 Å². The number of aliphatic hydroxyl groups is 1. The second-order valence-corrected chi connectivity index (χ2v) is 3.51. The Kier molecular flexibility index (Phi) is 5.68. The van der Waals surface area contributed by atoms with Crippen LogP contribution in [0.3, 0.4) is 0 Å². The summed E-state index contributed by atoms with van der Waals surface area (Å²) in [5.74, 6) is 5.67. The highest BCUT2D eigenvalue weighted by Gasteiger charge is 2.15. The van der Waals surface area contributed by atoms with E-state index < -0.39 is 5.60 Å². The van der Waals surface area contributed by atoms with E-state index in [0.717, 1.165) is 5.57 Å². The van der Waals surface area contributed by atoms with Crippen molar-refractivity contribution in [1.82, 2.24) is 0 Å². The summed E-state index contributed by atoms with van der Waals surface area (Å²) in [6.07, 6.45) is 3.61. The van der Waals surface area contributed by atoms with Gasteiger partial charge in [0.25, 0.3) is 0 Å². The SMILES string of the molecule is C/C=C(\C)C#CC(C)(O)CCCC#N. The zero-order valence-corrected chi connectivity index (χ0v) is 9.09. The molecule has 1 atom stereocenters. The molecule has 2 heteroatoms. The van der Waals surface area contributed by atoms with Crippen molar-refractivity contribution in [1.29, 1.82) is 5.26 Å². The number of rotatable bonds is 3. The first-order chi connectivity index (χ1) is 6.52. The zero-order chi connectivity index (χ0) is 11.0. The lowest BCUT2D eigenvalue weighted by Gasteiger charge is -2.14. The van der Waals surface area contributed by atoms with Crippen molar-refractivity contribution >= 4 is 0 Å². The average molecular weight is 191 g/mol. The predicted molar refractivity (Wildman–Crippen MR) is 57.3 cm³/mol. The highest BCUT2D eigenvalue weighted by atomic mass is 16.3. The third kappa shape index (κ3) is 6.29. The van der Waals surface area contributed by atoms with Gasteiger partial charge in [0.15, 0.2) is 0 Å². The van der Waals surface area contributed by atoms with Crippen LogP contribution in [0.15, 0.2) is 11.6 Å². The summed E-state index contributed by atoms with van der Waals surface area (Å²) >= 11 is 0. The minimum Gasteiger partial charge on any atom is -0.378 e. The second kappa shape index (κ2) is 6.24. The quantitative estimate of drug-likeness (QED) is 0.550. The fourth-order valence-electron chi connectivity index (χ4n) is 0.880. The molecule has 0 aromatic rings. The Morgan fingerprint density at radius 1 is 1.57 bits per heavy atom. The van der Waals surface area contributed by atoms with Crippen LogP contribution in [0.5, 0.6) is 0 Å². The minimum absolute atomic E-state index is 0.473. The van der Waals surface area contributed by atoms with Gasteiger partial charge in [0.05, 0.1) is 6.07 Å². The van der Waals surface area contributed by atoms with E-state index in [1.165, 1.54) is 0 Å². The van der Waals surface area contributed by atoms with Crippen molar-refractivity contribution < 1.29 is 5.11 Å². The molecule has 0 fully saturated rings. The van der Waals surface area contributed by atoms with E-state index in [4.69, 9.17) is 5.26 Å². The Morgan fingerprint density at radius 2 is 2.21 bits per heavy atom. The molecule has 0 amide bonds. The Bertz CT molecular complexity index is 297. The first-order valence-corrected chi connectivity index (χ1v) is 4.77. The first kappa shape index (κ1) is 12.8. The maximum atomic E-state index is 9.78. The number of nitrogens with zero attached hydrogens (tertiary/aromatic N) is 1. The third-order valence-corrected chi connectivity index (χ3v) is 1.91. The molecule has 0 heterocycles. The Hall–Kier alpha value is -1.25. The summed E-state index contributed by atoms with van der Waals surface area (Å²) in [6, 6.07) is 2.05. The van der Waals surface area contributed by atoms with E-state index >= 15 is 0 Å². The Morgan fingerprint density at radius 3 is 2.71 bits per heavy atom. The summed E-state index contributed by atoms with van der Waals surface area (Å²) in [5.41, 5.74) is -0.0215. The molecular weight excluding hydrogens is 174 g/mol. The van der Waals surface area contributed by atoms with E-state index in [1.807, 2.05) is 26.0 Å². The topological polar surface area (TPSA) is 44.0 Å². The van der Waals surface area contributed by atoms with Crippen molar-refractivity contribution in [2.45, 2.75) is 45.6 Å². The zero-order valence-electron chi connectivity index (χ0n) is 9.09.